The molecule has 19 heavy (non-hydrogen) atoms. The number of hydrogen-bond donors (Lipinski definition) is 1. The van der Waals surface area contributed by atoms with Crippen LogP contribution in [0.3, 0.4) is 0 Å². The Kier molecular flexibility index (Phi) is 4.89. The van der Waals surface area contributed by atoms with Crippen LogP contribution in [0, 0.1) is 0 Å². The number of sulfone groups is 1. The lowest BCUT2D eigenvalue weighted by Gasteiger charge is -2.34. The molecule has 1 unspecified atom stereocenters. The van der Waals surface area contributed by atoms with Gasteiger partial charge >= 0.3 is 0 Å². The maximum atomic E-state index is 11.8. The van der Waals surface area contributed by atoms with E-state index in [0.29, 0.717) is 18.8 Å². The van der Waals surface area contributed by atoms with Crippen LogP contribution in [0.5, 0.6) is 0 Å². The molecule has 1 aromatic carbocycles. The number of nitrogens with zero attached hydrogens (tertiary/aromatic N) is 1. The van der Waals surface area contributed by atoms with Gasteiger partial charge in [-0.3, -0.25) is 4.90 Å². The second-order valence-electron chi connectivity index (χ2n) is 4.85. The second-order valence-corrected chi connectivity index (χ2v) is 8.21. The van der Waals surface area contributed by atoms with Crippen LogP contribution in [-0.4, -0.2) is 43.0 Å². The Balaban J connectivity index is 2.15. The van der Waals surface area contributed by atoms with E-state index in [2.05, 4.69) is 11.0 Å². The van der Waals surface area contributed by atoms with Crippen molar-refractivity contribution in [2.45, 2.75) is 18.5 Å². The molecule has 0 bridgehead atoms. The van der Waals surface area contributed by atoms with Gasteiger partial charge in [0.2, 0.25) is 0 Å². The predicted molar refractivity (Wildman–Crippen MR) is 80.7 cm³/mol. The zero-order valence-corrected chi connectivity index (χ0v) is 12.7. The van der Waals surface area contributed by atoms with Crippen molar-refractivity contribution in [3.05, 3.63) is 35.4 Å². The van der Waals surface area contributed by atoms with Crippen LogP contribution in [0.1, 0.15) is 11.1 Å². The average molecular weight is 300 g/mol. The topological polar surface area (TPSA) is 63.4 Å². The summed E-state index contributed by atoms with van der Waals surface area (Å²) in [6, 6.07) is 8.05. The summed E-state index contributed by atoms with van der Waals surface area (Å²) in [4.78, 5) is 2.06. The highest BCUT2D eigenvalue weighted by atomic mass is 32.2. The smallest absolute Gasteiger partial charge is 0.164 e. The zero-order valence-electron chi connectivity index (χ0n) is 11.1. The summed E-state index contributed by atoms with van der Waals surface area (Å²) in [5.74, 6) is 1.65. The van der Waals surface area contributed by atoms with E-state index in [1.165, 1.54) is 6.26 Å². The van der Waals surface area contributed by atoms with Crippen molar-refractivity contribution in [2.24, 2.45) is 5.73 Å². The highest BCUT2D eigenvalue weighted by Crippen LogP contribution is 2.22. The quantitative estimate of drug-likeness (QED) is 0.901. The Morgan fingerprint density at radius 3 is 2.84 bits per heavy atom. The molecule has 0 aliphatic carbocycles. The lowest BCUT2D eigenvalue weighted by molar-refractivity contribution is 0.262. The molecule has 0 aromatic heterocycles. The van der Waals surface area contributed by atoms with Crippen LogP contribution in [0.25, 0.3) is 0 Å². The van der Waals surface area contributed by atoms with Crippen molar-refractivity contribution >= 4 is 21.6 Å². The molecule has 0 saturated carbocycles. The molecule has 106 valence electrons. The average Bonchev–Trinajstić information content (AvgIpc) is 2.38. The third-order valence-corrected chi connectivity index (χ3v) is 5.98. The van der Waals surface area contributed by atoms with E-state index in [1.54, 1.807) is 11.8 Å². The summed E-state index contributed by atoms with van der Waals surface area (Å²) in [6.45, 7) is 2.00. The van der Waals surface area contributed by atoms with Crippen molar-refractivity contribution in [3.63, 3.8) is 0 Å². The molecule has 6 heteroatoms. The van der Waals surface area contributed by atoms with Crippen LogP contribution >= 0.6 is 11.8 Å². The Morgan fingerprint density at radius 1 is 1.42 bits per heavy atom. The number of nitrogens with two attached hydrogens (primary N) is 1. The van der Waals surface area contributed by atoms with Gasteiger partial charge in [-0.15, -0.1) is 0 Å². The molecule has 4 nitrogen and oxygen atoms in total. The van der Waals surface area contributed by atoms with Crippen molar-refractivity contribution in [3.8, 4) is 0 Å². The standard InChI is InChI=1S/C13H20N2O2S2/c1-19(16,17)13-10-18-6-5-15(13)9-12-4-2-3-11(7-12)8-14/h2-4,7,13H,5-6,8-10,14H2,1H3. The van der Waals surface area contributed by atoms with E-state index in [-0.39, 0.29) is 5.37 Å². The molecule has 2 N–H and O–H groups in total. The fourth-order valence-corrected chi connectivity index (χ4v) is 5.22. The zero-order chi connectivity index (χ0) is 13.9. The molecule has 1 aromatic rings. The molecule has 1 aliphatic rings. The number of hydrogen-bond acceptors (Lipinski definition) is 5. The van der Waals surface area contributed by atoms with Gasteiger partial charge in [0.05, 0.1) is 0 Å². The summed E-state index contributed by atoms with van der Waals surface area (Å²) < 4.78 is 23.7. The molecule has 0 amide bonds. The fraction of sp³-hybridized carbons (Fsp3) is 0.538. The van der Waals surface area contributed by atoms with Crippen molar-refractivity contribution in [1.29, 1.82) is 0 Å². The minimum absolute atomic E-state index is 0.368. The fourth-order valence-electron chi connectivity index (χ4n) is 2.28. The third-order valence-electron chi connectivity index (χ3n) is 3.30. The summed E-state index contributed by atoms with van der Waals surface area (Å²) in [5, 5.41) is -0.368. The van der Waals surface area contributed by atoms with E-state index in [4.69, 9.17) is 5.73 Å². The van der Waals surface area contributed by atoms with Crippen LogP contribution < -0.4 is 5.73 Å². The lowest BCUT2D eigenvalue weighted by atomic mass is 10.1. The second kappa shape index (κ2) is 6.26. The summed E-state index contributed by atoms with van der Waals surface area (Å²) in [5.41, 5.74) is 7.85. The molecule has 1 atom stereocenters. The molecule has 1 aliphatic heterocycles. The first-order valence-electron chi connectivity index (χ1n) is 6.29. The number of thioether (sulfide) groups is 1. The Morgan fingerprint density at radius 2 is 2.16 bits per heavy atom. The van der Waals surface area contributed by atoms with Gasteiger partial charge in [-0.1, -0.05) is 24.3 Å². The van der Waals surface area contributed by atoms with Gasteiger partial charge in [0.15, 0.2) is 9.84 Å². The van der Waals surface area contributed by atoms with Crippen molar-refractivity contribution < 1.29 is 8.42 Å². The Labute approximate surface area is 119 Å². The van der Waals surface area contributed by atoms with Gasteiger partial charge in [-0.05, 0) is 11.1 Å². The van der Waals surface area contributed by atoms with Gasteiger partial charge in [-0.25, -0.2) is 8.42 Å². The van der Waals surface area contributed by atoms with Gasteiger partial charge in [-0.2, -0.15) is 11.8 Å². The van der Waals surface area contributed by atoms with Gasteiger partial charge in [0.25, 0.3) is 0 Å². The van der Waals surface area contributed by atoms with Crippen LogP contribution in [0.4, 0.5) is 0 Å². The summed E-state index contributed by atoms with van der Waals surface area (Å²) >= 11 is 1.71. The van der Waals surface area contributed by atoms with E-state index >= 15 is 0 Å². The van der Waals surface area contributed by atoms with Gasteiger partial charge < -0.3 is 5.73 Å². The van der Waals surface area contributed by atoms with E-state index < -0.39 is 9.84 Å². The van der Waals surface area contributed by atoms with Gasteiger partial charge in [0, 0.05) is 37.4 Å². The summed E-state index contributed by atoms with van der Waals surface area (Å²) in [6.07, 6.45) is 1.33. The number of benzene rings is 1. The van der Waals surface area contributed by atoms with E-state index in [1.807, 2.05) is 18.2 Å². The molecule has 1 heterocycles. The van der Waals surface area contributed by atoms with Crippen molar-refractivity contribution in [1.82, 2.24) is 4.90 Å². The van der Waals surface area contributed by atoms with Crippen LogP contribution in [-0.2, 0) is 22.9 Å². The van der Waals surface area contributed by atoms with E-state index in [9.17, 15) is 8.42 Å². The molecule has 0 radical (unpaired) electrons. The molecule has 1 fully saturated rings. The van der Waals surface area contributed by atoms with Crippen molar-refractivity contribution in [2.75, 3.05) is 24.3 Å². The number of rotatable bonds is 4. The van der Waals surface area contributed by atoms with E-state index in [0.717, 1.165) is 23.4 Å². The van der Waals surface area contributed by atoms with Gasteiger partial charge in [0.1, 0.15) is 5.37 Å². The van der Waals surface area contributed by atoms with Crippen LogP contribution in [0.2, 0.25) is 0 Å². The maximum Gasteiger partial charge on any atom is 0.164 e. The highest BCUT2D eigenvalue weighted by molar-refractivity contribution is 8.00. The molecular formula is C13H20N2O2S2. The normalized spacial score (nSPS) is 21.5. The van der Waals surface area contributed by atoms with Crippen LogP contribution in [0.15, 0.2) is 24.3 Å². The molecule has 0 spiro atoms. The first-order chi connectivity index (χ1) is 9.00. The molecular weight excluding hydrogens is 280 g/mol. The minimum atomic E-state index is -3.03. The Bertz CT molecular complexity index is 531. The largest absolute Gasteiger partial charge is 0.326 e. The predicted octanol–water partition coefficient (Wildman–Crippen LogP) is 1.06. The maximum absolute atomic E-state index is 11.8. The summed E-state index contributed by atoms with van der Waals surface area (Å²) in [7, 11) is -3.03. The monoisotopic (exact) mass is 300 g/mol. The Hall–Kier alpha value is -0.560. The first kappa shape index (κ1) is 14.8. The molecule has 1 saturated heterocycles. The molecule has 2 rings (SSSR count). The first-order valence-corrected chi connectivity index (χ1v) is 9.40. The SMILES string of the molecule is CS(=O)(=O)C1CSCCN1Cc1cccc(CN)c1. The third kappa shape index (κ3) is 3.95. The minimum Gasteiger partial charge on any atom is -0.326 e. The lowest BCUT2D eigenvalue weighted by Crippen LogP contribution is -2.46. The highest BCUT2D eigenvalue weighted by Gasteiger charge is 2.30.